The van der Waals surface area contributed by atoms with Crippen LogP contribution in [0.1, 0.15) is 38.8 Å². The van der Waals surface area contributed by atoms with Crippen LogP contribution in [-0.2, 0) is 9.53 Å². The van der Waals surface area contributed by atoms with Crippen molar-refractivity contribution in [2.45, 2.75) is 26.8 Å². The van der Waals surface area contributed by atoms with Gasteiger partial charge in [-0.2, -0.15) is 0 Å². The molecule has 0 heterocycles. The van der Waals surface area contributed by atoms with Crippen molar-refractivity contribution in [1.29, 1.82) is 0 Å². The van der Waals surface area contributed by atoms with Crippen molar-refractivity contribution in [1.82, 2.24) is 5.32 Å². The van der Waals surface area contributed by atoms with E-state index in [9.17, 15) is 24.5 Å². The van der Waals surface area contributed by atoms with E-state index in [0.717, 1.165) is 11.6 Å². The Kier molecular flexibility index (Phi) is 6.59. The van der Waals surface area contributed by atoms with Crippen LogP contribution in [0.2, 0.25) is 0 Å². The minimum absolute atomic E-state index is 0.0709. The number of ketones is 1. The summed E-state index contributed by atoms with van der Waals surface area (Å²) in [6.07, 6.45) is 0. The Bertz CT molecular complexity index is 938. The predicted molar refractivity (Wildman–Crippen MR) is 101 cm³/mol. The van der Waals surface area contributed by atoms with Gasteiger partial charge < -0.3 is 10.1 Å². The van der Waals surface area contributed by atoms with Gasteiger partial charge in [-0.05, 0) is 32.9 Å². The van der Waals surface area contributed by atoms with E-state index >= 15 is 0 Å². The molecule has 0 saturated heterocycles. The number of nitro benzene ring substituents is 1. The van der Waals surface area contributed by atoms with Crippen LogP contribution >= 0.6 is 0 Å². The molecule has 0 aliphatic carbocycles. The standard InChI is InChI=1S/C20H20N2O6/c1-12-5-4-6-16(9-12)19(24)21-14(3)20(25)28-11-18(23)15-8-7-13(2)17(10-15)22(26)27/h4-10,14H,11H2,1-3H3,(H,21,24)/t14-/m0/s1. The van der Waals surface area contributed by atoms with E-state index < -0.39 is 35.2 Å². The molecule has 1 atom stereocenters. The molecule has 0 saturated carbocycles. The lowest BCUT2D eigenvalue weighted by Gasteiger charge is -2.13. The Labute approximate surface area is 161 Å². The van der Waals surface area contributed by atoms with E-state index in [1.807, 2.05) is 13.0 Å². The molecule has 0 aliphatic rings. The SMILES string of the molecule is Cc1cccc(C(=O)N[C@@H](C)C(=O)OCC(=O)c2ccc(C)c([N+](=O)[O-])c2)c1. The van der Waals surface area contributed by atoms with E-state index in [1.54, 1.807) is 25.1 Å². The first-order valence-electron chi connectivity index (χ1n) is 8.51. The number of benzene rings is 2. The second-order valence-corrected chi connectivity index (χ2v) is 6.35. The minimum atomic E-state index is -0.965. The highest BCUT2D eigenvalue weighted by Crippen LogP contribution is 2.19. The maximum absolute atomic E-state index is 12.2. The molecular formula is C20H20N2O6. The van der Waals surface area contributed by atoms with Crippen molar-refractivity contribution in [3.05, 3.63) is 74.8 Å². The molecule has 2 aromatic rings. The van der Waals surface area contributed by atoms with Gasteiger partial charge in [0.05, 0.1) is 4.92 Å². The van der Waals surface area contributed by atoms with E-state index in [2.05, 4.69) is 5.32 Å². The summed E-state index contributed by atoms with van der Waals surface area (Å²) in [7, 11) is 0. The fraction of sp³-hybridized carbons (Fsp3) is 0.250. The van der Waals surface area contributed by atoms with Crippen molar-refractivity contribution in [2.75, 3.05) is 6.61 Å². The summed E-state index contributed by atoms with van der Waals surface area (Å²) in [6.45, 7) is 4.27. The van der Waals surface area contributed by atoms with Crippen LogP contribution in [-0.4, -0.2) is 35.2 Å². The molecule has 0 spiro atoms. The number of nitro groups is 1. The maximum atomic E-state index is 12.2. The number of nitrogens with one attached hydrogen (secondary N) is 1. The van der Waals surface area contributed by atoms with Crippen LogP contribution in [0.4, 0.5) is 5.69 Å². The predicted octanol–water partition coefficient (Wildman–Crippen LogP) is 2.76. The Morgan fingerprint density at radius 3 is 2.46 bits per heavy atom. The van der Waals surface area contributed by atoms with Gasteiger partial charge in [-0.25, -0.2) is 4.79 Å². The van der Waals surface area contributed by atoms with Crippen LogP contribution in [0.15, 0.2) is 42.5 Å². The third-order valence-electron chi connectivity index (χ3n) is 4.05. The lowest BCUT2D eigenvalue weighted by atomic mass is 10.1. The number of esters is 1. The molecular weight excluding hydrogens is 364 g/mol. The summed E-state index contributed by atoms with van der Waals surface area (Å²) in [4.78, 5) is 46.7. The number of rotatable bonds is 7. The number of aryl methyl sites for hydroxylation is 2. The Morgan fingerprint density at radius 1 is 1.11 bits per heavy atom. The Morgan fingerprint density at radius 2 is 1.82 bits per heavy atom. The first kappa shape index (κ1) is 20.8. The van der Waals surface area contributed by atoms with Crippen LogP contribution in [0, 0.1) is 24.0 Å². The minimum Gasteiger partial charge on any atom is -0.456 e. The lowest BCUT2D eigenvalue weighted by Crippen LogP contribution is -2.40. The highest BCUT2D eigenvalue weighted by molar-refractivity contribution is 5.99. The third kappa shape index (κ3) is 5.23. The number of amides is 1. The molecule has 8 heteroatoms. The van der Waals surface area contributed by atoms with Crippen molar-refractivity contribution in [3.8, 4) is 0 Å². The summed E-state index contributed by atoms with van der Waals surface area (Å²) >= 11 is 0. The Balaban J connectivity index is 1.94. The van der Waals surface area contributed by atoms with Gasteiger partial charge >= 0.3 is 5.97 Å². The molecule has 8 nitrogen and oxygen atoms in total. The van der Waals surface area contributed by atoms with Crippen molar-refractivity contribution >= 4 is 23.3 Å². The smallest absolute Gasteiger partial charge is 0.328 e. The summed E-state index contributed by atoms with van der Waals surface area (Å²) in [5, 5.41) is 13.5. The van der Waals surface area contributed by atoms with Crippen molar-refractivity contribution in [3.63, 3.8) is 0 Å². The number of hydrogen-bond acceptors (Lipinski definition) is 6. The largest absolute Gasteiger partial charge is 0.456 e. The molecule has 0 radical (unpaired) electrons. The van der Waals surface area contributed by atoms with Gasteiger partial charge in [0.1, 0.15) is 6.04 Å². The normalized spacial score (nSPS) is 11.4. The fourth-order valence-electron chi connectivity index (χ4n) is 2.45. The lowest BCUT2D eigenvalue weighted by molar-refractivity contribution is -0.385. The van der Waals surface area contributed by atoms with Gasteiger partial charge in [0, 0.05) is 22.8 Å². The number of ether oxygens (including phenoxy) is 1. The molecule has 2 rings (SSSR count). The average Bonchev–Trinajstić information content (AvgIpc) is 2.65. The van der Waals surface area contributed by atoms with Gasteiger partial charge in [-0.1, -0.05) is 29.8 Å². The van der Waals surface area contributed by atoms with Crippen molar-refractivity contribution < 1.29 is 24.0 Å². The molecule has 2 aromatic carbocycles. The first-order chi connectivity index (χ1) is 13.2. The molecule has 1 amide bonds. The maximum Gasteiger partial charge on any atom is 0.328 e. The second kappa shape index (κ2) is 8.90. The fourth-order valence-corrected chi connectivity index (χ4v) is 2.45. The van der Waals surface area contributed by atoms with Gasteiger partial charge in [-0.15, -0.1) is 0 Å². The molecule has 0 bridgehead atoms. The zero-order valence-electron chi connectivity index (χ0n) is 15.7. The van der Waals surface area contributed by atoms with Crippen LogP contribution < -0.4 is 5.32 Å². The summed E-state index contributed by atoms with van der Waals surface area (Å²) in [5.41, 5.74) is 1.62. The van der Waals surface area contributed by atoms with Gasteiger partial charge in [0.25, 0.3) is 11.6 Å². The molecule has 0 aromatic heterocycles. The summed E-state index contributed by atoms with van der Waals surface area (Å²) in [5.74, 6) is -1.79. The number of nitrogens with zero attached hydrogens (tertiary/aromatic N) is 1. The van der Waals surface area contributed by atoms with Gasteiger partial charge in [-0.3, -0.25) is 19.7 Å². The molecule has 0 aliphatic heterocycles. The molecule has 28 heavy (non-hydrogen) atoms. The van der Waals surface area contributed by atoms with E-state index in [-0.39, 0.29) is 11.3 Å². The van der Waals surface area contributed by atoms with E-state index in [1.165, 1.54) is 19.1 Å². The number of carbonyl (C=O) groups excluding carboxylic acids is 3. The quantitative estimate of drug-likeness (QED) is 0.340. The summed E-state index contributed by atoms with van der Waals surface area (Å²) < 4.78 is 4.94. The zero-order chi connectivity index (χ0) is 20.8. The Hall–Kier alpha value is -3.55. The molecule has 1 N–H and O–H groups in total. The highest BCUT2D eigenvalue weighted by Gasteiger charge is 2.21. The van der Waals surface area contributed by atoms with Crippen LogP contribution in [0.5, 0.6) is 0 Å². The van der Waals surface area contributed by atoms with Gasteiger partial charge in [0.2, 0.25) is 5.78 Å². The molecule has 146 valence electrons. The topological polar surface area (TPSA) is 116 Å². The van der Waals surface area contributed by atoms with E-state index in [0.29, 0.717) is 11.1 Å². The molecule has 0 fully saturated rings. The second-order valence-electron chi connectivity index (χ2n) is 6.35. The highest BCUT2D eigenvalue weighted by atomic mass is 16.6. The van der Waals surface area contributed by atoms with Crippen LogP contribution in [0.25, 0.3) is 0 Å². The molecule has 0 unspecified atom stereocenters. The monoisotopic (exact) mass is 384 g/mol. The third-order valence-corrected chi connectivity index (χ3v) is 4.05. The zero-order valence-corrected chi connectivity index (χ0v) is 15.7. The number of hydrogen-bond donors (Lipinski definition) is 1. The van der Waals surface area contributed by atoms with Gasteiger partial charge in [0.15, 0.2) is 6.61 Å². The number of Topliss-reactive ketones (excluding diaryl/α,β-unsaturated/α-hetero) is 1. The number of carbonyl (C=O) groups is 3. The van der Waals surface area contributed by atoms with Crippen molar-refractivity contribution in [2.24, 2.45) is 0 Å². The first-order valence-corrected chi connectivity index (χ1v) is 8.51. The average molecular weight is 384 g/mol. The summed E-state index contributed by atoms with van der Waals surface area (Å²) in [6, 6.07) is 9.94. The van der Waals surface area contributed by atoms with Crippen LogP contribution in [0.3, 0.4) is 0 Å². The van der Waals surface area contributed by atoms with E-state index in [4.69, 9.17) is 4.74 Å².